The van der Waals surface area contributed by atoms with Crippen molar-refractivity contribution in [3.8, 4) is 0 Å². The molecule has 1 atom stereocenters. The van der Waals surface area contributed by atoms with E-state index in [1.54, 1.807) is 17.5 Å². The highest BCUT2D eigenvalue weighted by atomic mass is 32.1. The van der Waals surface area contributed by atoms with Gasteiger partial charge in [0.15, 0.2) is 0 Å². The van der Waals surface area contributed by atoms with E-state index in [1.807, 2.05) is 6.07 Å². The summed E-state index contributed by atoms with van der Waals surface area (Å²) in [6.45, 7) is 2.05. The Balaban J connectivity index is 2.15. The van der Waals surface area contributed by atoms with E-state index < -0.39 is 0 Å². The first-order valence-corrected chi connectivity index (χ1v) is 5.90. The third-order valence-electron chi connectivity index (χ3n) is 2.44. The summed E-state index contributed by atoms with van der Waals surface area (Å²) >= 11 is 1.70. The summed E-state index contributed by atoms with van der Waals surface area (Å²) in [6.07, 6.45) is 2.66. The molecule has 2 heterocycles. The third kappa shape index (κ3) is 2.43. The van der Waals surface area contributed by atoms with Crippen LogP contribution in [0, 0.1) is 6.92 Å². The lowest BCUT2D eigenvalue weighted by Gasteiger charge is -2.12. The van der Waals surface area contributed by atoms with Gasteiger partial charge in [0.1, 0.15) is 0 Å². The molecule has 2 nitrogen and oxygen atoms in total. The highest BCUT2D eigenvalue weighted by Gasteiger charge is 2.10. The standard InChI is InChI=1S/C12H14N2S/c1-9-3-2-5-14-12(9)11(13)7-10-4-6-15-8-10/h2-6,8,11H,7,13H2,1H3. The Bertz CT molecular complexity index is 423. The first-order chi connectivity index (χ1) is 7.27. The summed E-state index contributed by atoms with van der Waals surface area (Å²) in [5.41, 5.74) is 9.59. The van der Waals surface area contributed by atoms with Gasteiger partial charge in [-0.1, -0.05) is 6.07 Å². The van der Waals surface area contributed by atoms with E-state index in [1.165, 1.54) is 11.1 Å². The van der Waals surface area contributed by atoms with E-state index in [2.05, 4.69) is 34.8 Å². The van der Waals surface area contributed by atoms with Gasteiger partial charge in [-0.25, -0.2) is 0 Å². The highest BCUT2D eigenvalue weighted by Crippen LogP contribution is 2.18. The summed E-state index contributed by atoms with van der Waals surface area (Å²) in [4.78, 5) is 4.34. The Morgan fingerprint density at radius 3 is 3.00 bits per heavy atom. The Hall–Kier alpha value is -1.19. The molecule has 0 amide bonds. The van der Waals surface area contributed by atoms with Crippen molar-refractivity contribution in [3.05, 3.63) is 52.0 Å². The maximum atomic E-state index is 6.13. The van der Waals surface area contributed by atoms with E-state index in [9.17, 15) is 0 Å². The zero-order valence-corrected chi connectivity index (χ0v) is 9.50. The number of thiophene rings is 1. The molecule has 0 aliphatic heterocycles. The average molecular weight is 218 g/mol. The zero-order valence-electron chi connectivity index (χ0n) is 8.68. The van der Waals surface area contributed by atoms with Crippen LogP contribution in [0.4, 0.5) is 0 Å². The number of aromatic nitrogens is 1. The third-order valence-corrected chi connectivity index (χ3v) is 3.17. The number of hydrogen-bond donors (Lipinski definition) is 1. The molecule has 2 aromatic rings. The molecule has 15 heavy (non-hydrogen) atoms. The number of nitrogens with zero attached hydrogens (tertiary/aromatic N) is 1. The van der Waals surface area contributed by atoms with E-state index >= 15 is 0 Å². The van der Waals surface area contributed by atoms with E-state index in [0.29, 0.717) is 0 Å². The zero-order chi connectivity index (χ0) is 10.7. The van der Waals surface area contributed by atoms with Crippen molar-refractivity contribution in [1.82, 2.24) is 4.98 Å². The Morgan fingerprint density at radius 2 is 2.33 bits per heavy atom. The van der Waals surface area contributed by atoms with Gasteiger partial charge in [-0.3, -0.25) is 4.98 Å². The molecule has 2 rings (SSSR count). The Labute approximate surface area is 93.8 Å². The number of hydrogen-bond acceptors (Lipinski definition) is 3. The molecule has 0 aliphatic rings. The largest absolute Gasteiger partial charge is 0.322 e. The Morgan fingerprint density at radius 1 is 1.47 bits per heavy atom. The molecule has 0 bridgehead atoms. The van der Waals surface area contributed by atoms with Crippen molar-refractivity contribution in [1.29, 1.82) is 0 Å². The van der Waals surface area contributed by atoms with Crippen LogP contribution in [0.25, 0.3) is 0 Å². The lowest BCUT2D eigenvalue weighted by molar-refractivity contribution is 0.692. The summed E-state index contributed by atoms with van der Waals surface area (Å²) in [7, 11) is 0. The summed E-state index contributed by atoms with van der Waals surface area (Å²) < 4.78 is 0. The lowest BCUT2D eigenvalue weighted by Crippen LogP contribution is -2.15. The number of pyridine rings is 1. The predicted octanol–water partition coefficient (Wildman–Crippen LogP) is 2.69. The van der Waals surface area contributed by atoms with Crippen LogP contribution >= 0.6 is 11.3 Å². The topological polar surface area (TPSA) is 38.9 Å². The van der Waals surface area contributed by atoms with Crippen LogP contribution in [0.15, 0.2) is 35.2 Å². The van der Waals surface area contributed by atoms with Crippen molar-refractivity contribution >= 4 is 11.3 Å². The second-order valence-corrected chi connectivity index (χ2v) is 4.43. The van der Waals surface area contributed by atoms with Crippen molar-refractivity contribution in [2.24, 2.45) is 5.73 Å². The minimum absolute atomic E-state index is 0.000741. The van der Waals surface area contributed by atoms with Gasteiger partial charge in [-0.2, -0.15) is 11.3 Å². The maximum absolute atomic E-state index is 6.13. The molecular weight excluding hydrogens is 204 g/mol. The monoisotopic (exact) mass is 218 g/mol. The summed E-state index contributed by atoms with van der Waals surface area (Å²) in [5, 5.41) is 4.21. The van der Waals surface area contributed by atoms with Crippen LogP contribution in [-0.2, 0) is 6.42 Å². The van der Waals surface area contributed by atoms with Gasteiger partial charge >= 0.3 is 0 Å². The molecule has 78 valence electrons. The van der Waals surface area contributed by atoms with Crippen molar-refractivity contribution in [2.45, 2.75) is 19.4 Å². The quantitative estimate of drug-likeness (QED) is 0.860. The van der Waals surface area contributed by atoms with E-state index in [4.69, 9.17) is 5.73 Å². The van der Waals surface area contributed by atoms with Gasteiger partial charge in [-0.05, 0) is 47.4 Å². The molecule has 0 fully saturated rings. The van der Waals surface area contributed by atoms with Gasteiger partial charge < -0.3 is 5.73 Å². The lowest BCUT2D eigenvalue weighted by atomic mass is 10.0. The molecule has 0 spiro atoms. The van der Waals surface area contributed by atoms with Crippen LogP contribution in [0.3, 0.4) is 0 Å². The van der Waals surface area contributed by atoms with Crippen LogP contribution < -0.4 is 5.73 Å². The van der Waals surface area contributed by atoms with Crippen molar-refractivity contribution < 1.29 is 0 Å². The molecule has 3 heteroatoms. The minimum Gasteiger partial charge on any atom is -0.322 e. The smallest absolute Gasteiger partial charge is 0.0603 e. The van der Waals surface area contributed by atoms with Gasteiger partial charge in [0.05, 0.1) is 11.7 Å². The first-order valence-electron chi connectivity index (χ1n) is 4.95. The van der Waals surface area contributed by atoms with E-state index in [0.717, 1.165) is 12.1 Å². The second kappa shape index (κ2) is 4.55. The van der Waals surface area contributed by atoms with Gasteiger partial charge in [0, 0.05) is 6.20 Å². The van der Waals surface area contributed by atoms with Crippen molar-refractivity contribution in [3.63, 3.8) is 0 Å². The van der Waals surface area contributed by atoms with Crippen LogP contribution in [0.1, 0.15) is 22.9 Å². The van der Waals surface area contributed by atoms with Crippen molar-refractivity contribution in [2.75, 3.05) is 0 Å². The fourth-order valence-corrected chi connectivity index (χ4v) is 2.33. The van der Waals surface area contributed by atoms with Gasteiger partial charge in [-0.15, -0.1) is 0 Å². The molecule has 0 saturated carbocycles. The van der Waals surface area contributed by atoms with Gasteiger partial charge in [0.2, 0.25) is 0 Å². The molecule has 0 aliphatic carbocycles. The number of rotatable bonds is 3. The average Bonchev–Trinajstić information content (AvgIpc) is 2.71. The molecular formula is C12H14N2S. The molecule has 2 aromatic heterocycles. The van der Waals surface area contributed by atoms with Crippen LogP contribution in [-0.4, -0.2) is 4.98 Å². The first kappa shape index (κ1) is 10.3. The van der Waals surface area contributed by atoms with Gasteiger partial charge in [0.25, 0.3) is 0 Å². The van der Waals surface area contributed by atoms with E-state index in [-0.39, 0.29) is 6.04 Å². The summed E-state index contributed by atoms with van der Waals surface area (Å²) in [6, 6.07) is 6.11. The number of aryl methyl sites for hydroxylation is 1. The SMILES string of the molecule is Cc1cccnc1C(N)Cc1ccsc1. The fraction of sp³-hybridized carbons (Fsp3) is 0.250. The fourth-order valence-electron chi connectivity index (χ4n) is 1.65. The predicted molar refractivity (Wildman–Crippen MR) is 63.9 cm³/mol. The summed E-state index contributed by atoms with van der Waals surface area (Å²) in [5.74, 6) is 0. The highest BCUT2D eigenvalue weighted by molar-refractivity contribution is 7.07. The molecule has 2 N–H and O–H groups in total. The van der Waals surface area contributed by atoms with Crippen LogP contribution in [0.5, 0.6) is 0 Å². The normalized spacial score (nSPS) is 12.7. The molecule has 0 saturated heterocycles. The Kier molecular flexibility index (Phi) is 3.14. The molecule has 0 radical (unpaired) electrons. The second-order valence-electron chi connectivity index (χ2n) is 3.65. The minimum atomic E-state index is 0.000741. The molecule has 0 aromatic carbocycles. The number of nitrogens with two attached hydrogens (primary N) is 1. The maximum Gasteiger partial charge on any atom is 0.0603 e. The van der Waals surface area contributed by atoms with Crippen LogP contribution in [0.2, 0.25) is 0 Å². The molecule has 1 unspecified atom stereocenters.